The third-order valence-electron chi connectivity index (χ3n) is 7.30. The maximum atomic E-state index is 12.6. The Morgan fingerprint density at radius 3 is 2.58 bits per heavy atom. The highest BCUT2D eigenvalue weighted by atomic mass is 16.6. The number of para-hydroxylation sites is 1. The lowest BCUT2D eigenvalue weighted by molar-refractivity contribution is 0.0929. The van der Waals surface area contributed by atoms with Gasteiger partial charge in [0.05, 0.1) is 0 Å². The Morgan fingerprint density at radius 2 is 1.76 bits per heavy atom. The zero-order chi connectivity index (χ0) is 22.6. The highest BCUT2D eigenvalue weighted by Crippen LogP contribution is 2.39. The summed E-state index contributed by atoms with van der Waals surface area (Å²) in [6.45, 7) is 5.38. The maximum absolute atomic E-state index is 12.6. The Balaban J connectivity index is 1.16. The topological polar surface area (TPSA) is 71.6 Å². The Morgan fingerprint density at radius 1 is 0.970 bits per heavy atom. The van der Waals surface area contributed by atoms with E-state index in [0.717, 1.165) is 62.3 Å². The van der Waals surface area contributed by atoms with E-state index in [4.69, 9.17) is 9.47 Å². The quantitative estimate of drug-likeness (QED) is 0.623. The molecule has 0 aromatic heterocycles. The first-order chi connectivity index (χ1) is 16.2. The van der Waals surface area contributed by atoms with Gasteiger partial charge in [-0.15, -0.1) is 0 Å². The number of piperidine rings is 1. The van der Waals surface area contributed by atoms with Crippen LogP contribution in [0.1, 0.15) is 72.5 Å². The molecule has 0 spiro atoms. The number of rotatable bonds is 6. The van der Waals surface area contributed by atoms with Gasteiger partial charge in [0.1, 0.15) is 13.2 Å². The highest BCUT2D eigenvalue weighted by Gasteiger charge is 2.28. The molecule has 6 nitrogen and oxygen atoms in total. The largest absolute Gasteiger partial charge is 0.486 e. The lowest BCUT2D eigenvalue weighted by atomic mass is 9.96. The molecule has 176 valence electrons. The van der Waals surface area contributed by atoms with E-state index in [1.807, 2.05) is 24.3 Å². The zero-order valence-corrected chi connectivity index (χ0v) is 19.4. The van der Waals surface area contributed by atoms with Gasteiger partial charge in [0, 0.05) is 29.3 Å². The van der Waals surface area contributed by atoms with Crippen molar-refractivity contribution in [1.29, 1.82) is 0 Å². The summed E-state index contributed by atoms with van der Waals surface area (Å²) < 4.78 is 11.7. The molecule has 33 heavy (non-hydrogen) atoms. The number of fused-ring (bicyclic) bond motifs is 1. The molecular weight excluding hydrogens is 414 g/mol. The van der Waals surface area contributed by atoms with Gasteiger partial charge in [-0.3, -0.25) is 4.79 Å². The van der Waals surface area contributed by atoms with Crippen LogP contribution in [0.2, 0.25) is 0 Å². The smallest absolute Gasteiger partial charge is 0.251 e. The van der Waals surface area contributed by atoms with Crippen molar-refractivity contribution in [2.45, 2.75) is 63.1 Å². The highest BCUT2D eigenvalue weighted by molar-refractivity contribution is 5.94. The molecule has 1 saturated carbocycles. The molecule has 2 aromatic carbocycles. The van der Waals surface area contributed by atoms with Gasteiger partial charge in [-0.2, -0.15) is 0 Å². The fraction of sp³-hybridized carbons (Fsp3) is 0.519. The van der Waals surface area contributed by atoms with E-state index >= 15 is 0 Å². The number of carbonyl (C=O) groups is 1. The van der Waals surface area contributed by atoms with Crippen LogP contribution >= 0.6 is 0 Å². The van der Waals surface area contributed by atoms with Crippen molar-refractivity contribution in [3.8, 4) is 11.5 Å². The lowest BCUT2D eigenvalue weighted by Gasteiger charge is -2.26. The summed E-state index contributed by atoms with van der Waals surface area (Å²) in [6.07, 6.45) is 5.43. The minimum Gasteiger partial charge on any atom is -0.486 e. The van der Waals surface area contributed by atoms with E-state index in [2.05, 4.69) is 41.1 Å². The average Bonchev–Trinajstić information content (AvgIpc) is 3.33. The molecule has 3 aliphatic rings. The van der Waals surface area contributed by atoms with Crippen LogP contribution in [0.25, 0.3) is 0 Å². The van der Waals surface area contributed by atoms with Crippen molar-refractivity contribution in [3.63, 3.8) is 0 Å². The van der Waals surface area contributed by atoms with Crippen LogP contribution in [0.4, 0.5) is 0 Å². The molecule has 1 saturated heterocycles. The van der Waals surface area contributed by atoms with Crippen LogP contribution in [-0.4, -0.2) is 44.3 Å². The second kappa shape index (κ2) is 10.1. The molecular formula is C27H35N3O3. The number of carbonyl (C=O) groups excluding carboxylic acids is 1. The normalized spacial score (nSPS) is 23.8. The summed E-state index contributed by atoms with van der Waals surface area (Å²) in [5.74, 6) is 2.31. The molecule has 3 N–H and O–H groups in total. The van der Waals surface area contributed by atoms with E-state index in [0.29, 0.717) is 25.2 Å². The van der Waals surface area contributed by atoms with Gasteiger partial charge < -0.3 is 25.4 Å². The molecule has 3 atom stereocenters. The van der Waals surface area contributed by atoms with Gasteiger partial charge in [-0.05, 0) is 81.8 Å². The van der Waals surface area contributed by atoms with Gasteiger partial charge in [0.25, 0.3) is 5.91 Å². The van der Waals surface area contributed by atoms with Gasteiger partial charge in [0.15, 0.2) is 11.5 Å². The molecule has 1 unspecified atom stereocenters. The Bertz CT molecular complexity index is 956. The first kappa shape index (κ1) is 22.2. The third-order valence-corrected chi connectivity index (χ3v) is 7.30. The van der Waals surface area contributed by atoms with Crippen LogP contribution in [0.5, 0.6) is 11.5 Å². The molecule has 6 heteroatoms. The van der Waals surface area contributed by atoms with Crippen molar-refractivity contribution >= 4 is 5.91 Å². The van der Waals surface area contributed by atoms with Crippen LogP contribution in [-0.2, 0) is 0 Å². The summed E-state index contributed by atoms with van der Waals surface area (Å²) in [7, 11) is 0. The molecule has 1 aliphatic carbocycles. The maximum Gasteiger partial charge on any atom is 0.251 e. The van der Waals surface area contributed by atoms with E-state index < -0.39 is 0 Å². The van der Waals surface area contributed by atoms with E-state index in [1.54, 1.807) is 0 Å². The van der Waals surface area contributed by atoms with Crippen molar-refractivity contribution in [2.75, 3.05) is 26.3 Å². The van der Waals surface area contributed by atoms with Crippen molar-refractivity contribution in [2.24, 2.45) is 0 Å². The molecule has 5 rings (SSSR count). The van der Waals surface area contributed by atoms with Gasteiger partial charge in [-0.25, -0.2) is 0 Å². The van der Waals surface area contributed by atoms with Crippen molar-refractivity contribution in [1.82, 2.24) is 16.0 Å². The van der Waals surface area contributed by atoms with E-state index in [1.165, 1.54) is 11.1 Å². The monoisotopic (exact) mass is 449 g/mol. The summed E-state index contributed by atoms with van der Waals surface area (Å²) in [6, 6.07) is 15.4. The van der Waals surface area contributed by atoms with Gasteiger partial charge >= 0.3 is 0 Å². The third kappa shape index (κ3) is 5.17. The number of nitrogens with one attached hydrogen (secondary N) is 3. The molecule has 2 fully saturated rings. The minimum absolute atomic E-state index is 0.0469. The Kier molecular flexibility index (Phi) is 6.83. The Labute approximate surface area is 196 Å². The molecule has 2 heterocycles. The van der Waals surface area contributed by atoms with E-state index in [9.17, 15) is 4.79 Å². The molecule has 1 amide bonds. The lowest BCUT2D eigenvalue weighted by Crippen LogP contribution is -2.42. The van der Waals surface area contributed by atoms with Crippen LogP contribution < -0.4 is 25.4 Å². The SMILES string of the molecule is C[C@@H](N[C@H]1CCC(c2ccc(C(=O)NC3CCNCC3)cc2)C1)c1cccc2c1OCCO2. The van der Waals surface area contributed by atoms with E-state index in [-0.39, 0.29) is 18.0 Å². The number of amides is 1. The zero-order valence-electron chi connectivity index (χ0n) is 19.4. The molecule has 2 aromatic rings. The number of hydrogen-bond donors (Lipinski definition) is 3. The summed E-state index contributed by atoms with van der Waals surface area (Å²) in [4.78, 5) is 12.6. The van der Waals surface area contributed by atoms with Crippen LogP contribution in [0.15, 0.2) is 42.5 Å². The minimum atomic E-state index is 0.0469. The first-order valence-corrected chi connectivity index (χ1v) is 12.4. The number of hydrogen-bond acceptors (Lipinski definition) is 5. The molecule has 2 aliphatic heterocycles. The summed E-state index contributed by atoms with van der Waals surface area (Å²) in [5.41, 5.74) is 3.26. The molecule has 0 radical (unpaired) electrons. The average molecular weight is 450 g/mol. The predicted molar refractivity (Wildman–Crippen MR) is 129 cm³/mol. The number of benzene rings is 2. The predicted octanol–water partition coefficient (Wildman–Crippen LogP) is 3.93. The van der Waals surface area contributed by atoms with Crippen LogP contribution in [0, 0.1) is 0 Å². The first-order valence-electron chi connectivity index (χ1n) is 12.4. The second-order valence-corrected chi connectivity index (χ2v) is 9.59. The summed E-state index contributed by atoms with van der Waals surface area (Å²) in [5, 5.41) is 10.3. The second-order valence-electron chi connectivity index (χ2n) is 9.59. The summed E-state index contributed by atoms with van der Waals surface area (Å²) >= 11 is 0. The van der Waals surface area contributed by atoms with Gasteiger partial charge in [-0.1, -0.05) is 24.3 Å². The molecule has 0 bridgehead atoms. The number of ether oxygens (including phenoxy) is 2. The van der Waals surface area contributed by atoms with Gasteiger partial charge in [0.2, 0.25) is 0 Å². The van der Waals surface area contributed by atoms with Crippen LogP contribution in [0.3, 0.4) is 0 Å². The Hall–Kier alpha value is -2.57. The standard InChI is InChI=1S/C27H35N3O3/c1-18(24-3-2-4-25-26(24)33-16-15-32-25)29-23-10-9-21(17-23)19-5-7-20(8-6-19)27(31)30-22-11-13-28-14-12-22/h2-8,18,21-23,28-29H,9-17H2,1H3,(H,30,31)/t18-,21?,23+/m1/s1. The van der Waals surface area contributed by atoms with Crippen molar-refractivity contribution in [3.05, 3.63) is 59.2 Å². The fourth-order valence-corrected chi connectivity index (χ4v) is 5.46. The van der Waals surface area contributed by atoms with Crippen molar-refractivity contribution < 1.29 is 14.3 Å². The fourth-order valence-electron chi connectivity index (χ4n) is 5.46.